The van der Waals surface area contributed by atoms with E-state index in [4.69, 9.17) is 14.2 Å². The van der Waals surface area contributed by atoms with E-state index >= 15 is 0 Å². The number of benzene rings is 1. The molecule has 1 aromatic carbocycles. The van der Waals surface area contributed by atoms with Gasteiger partial charge in [0.25, 0.3) is 5.91 Å². The Morgan fingerprint density at radius 1 is 1.14 bits per heavy atom. The van der Waals surface area contributed by atoms with Gasteiger partial charge in [-0.15, -0.1) is 11.3 Å². The fourth-order valence-electron chi connectivity index (χ4n) is 2.43. The van der Waals surface area contributed by atoms with E-state index in [2.05, 4.69) is 21.2 Å². The van der Waals surface area contributed by atoms with Crippen LogP contribution in [0.5, 0.6) is 5.75 Å². The molecule has 0 aliphatic rings. The van der Waals surface area contributed by atoms with Crippen molar-refractivity contribution in [2.24, 2.45) is 0 Å². The number of rotatable bonds is 7. The van der Waals surface area contributed by atoms with E-state index in [1.807, 2.05) is 6.92 Å². The lowest BCUT2D eigenvalue weighted by atomic mass is 10.1. The van der Waals surface area contributed by atoms with Crippen molar-refractivity contribution in [2.75, 3.05) is 25.6 Å². The molecule has 0 aliphatic heterocycles. The lowest BCUT2D eigenvalue weighted by Gasteiger charge is -2.09. The second-order valence-electron chi connectivity index (χ2n) is 5.50. The number of carbonyl (C=O) groups is 3. The summed E-state index contributed by atoms with van der Waals surface area (Å²) in [6.07, 6.45) is 0. The van der Waals surface area contributed by atoms with Crippen LogP contribution in [-0.4, -0.2) is 38.2 Å². The fraction of sp³-hybridized carbons (Fsp3) is 0.316. The van der Waals surface area contributed by atoms with E-state index < -0.39 is 17.8 Å². The number of carbonyl (C=O) groups excluding carboxylic acids is 3. The summed E-state index contributed by atoms with van der Waals surface area (Å²) in [6.45, 7) is 5.81. The van der Waals surface area contributed by atoms with Crippen molar-refractivity contribution < 1.29 is 28.6 Å². The molecular weight excluding hydrogens is 450 g/mol. The number of hydrogen-bond acceptors (Lipinski definition) is 7. The van der Waals surface area contributed by atoms with Crippen molar-refractivity contribution in [3.05, 3.63) is 44.2 Å². The molecule has 2 aromatic rings. The van der Waals surface area contributed by atoms with E-state index in [-0.39, 0.29) is 22.0 Å². The van der Waals surface area contributed by atoms with Gasteiger partial charge >= 0.3 is 11.9 Å². The molecule has 7 nitrogen and oxygen atoms in total. The molecule has 1 amide bonds. The molecular formula is C19H20BrNO6S. The topological polar surface area (TPSA) is 90.9 Å². The highest BCUT2D eigenvalue weighted by molar-refractivity contribution is 9.10. The molecule has 150 valence electrons. The summed E-state index contributed by atoms with van der Waals surface area (Å²) in [5.74, 6) is -1.02. The summed E-state index contributed by atoms with van der Waals surface area (Å²) < 4.78 is 15.9. The summed E-state index contributed by atoms with van der Waals surface area (Å²) >= 11 is 4.33. The maximum Gasteiger partial charge on any atom is 0.348 e. The Bertz CT molecular complexity index is 908. The number of ether oxygens (including phenoxy) is 3. The number of esters is 2. The summed E-state index contributed by atoms with van der Waals surface area (Å²) in [5.41, 5.74) is 0.903. The minimum absolute atomic E-state index is 0.144. The molecule has 0 spiro atoms. The average Bonchev–Trinajstić information content (AvgIpc) is 2.99. The van der Waals surface area contributed by atoms with Gasteiger partial charge in [0.2, 0.25) is 0 Å². The molecule has 0 saturated heterocycles. The maximum atomic E-state index is 12.7. The van der Waals surface area contributed by atoms with Crippen LogP contribution in [-0.2, 0) is 9.47 Å². The van der Waals surface area contributed by atoms with Crippen LogP contribution in [0.3, 0.4) is 0 Å². The number of anilines is 1. The van der Waals surface area contributed by atoms with Crippen LogP contribution in [0.4, 0.5) is 5.00 Å². The SMILES string of the molecule is CCOC(=O)c1c(NC(=O)c2ccc(OCC)c(Br)c2)sc(C(=O)OC)c1C. The van der Waals surface area contributed by atoms with E-state index in [1.54, 1.807) is 32.0 Å². The Morgan fingerprint density at radius 2 is 1.86 bits per heavy atom. The highest BCUT2D eigenvalue weighted by atomic mass is 79.9. The monoisotopic (exact) mass is 469 g/mol. The van der Waals surface area contributed by atoms with Gasteiger partial charge in [0.05, 0.1) is 30.4 Å². The van der Waals surface area contributed by atoms with Gasteiger partial charge in [-0.3, -0.25) is 4.79 Å². The molecule has 0 aliphatic carbocycles. The van der Waals surface area contributed by atoms with E-state index in [1.165, 1.54) is 7.11 Å². The highest BCUT2D eigenvalue weighted by Crippen LogP contribution is 2.35. The molecule has 9 heteroatoms. The van der Waals surface area contributed by atoms with Gasteiger partial charge in [-0.25, -0.2) is 9.59 Å². The van der Waals surface area contributed by atoms with Gasteiger partial charge in [0.1, 0.15) is 15.6 Å². The standard InChI is InChI=1S/C19H20BrNO6S/c1-5-26-13-8-7-11(9-12(13)20)16(22)21-17-14(18(23)27-6-2)10(3)15(28-17)19(24)25-4/h7-9H,5-6H2,1-4H3,(H,21,22). The first-order valence-electron chi connectivity index (χ1n) is 8.46. The minimum Gasteiger partial charge on any atom is -0.493 e. The predicted octanol–water partition coefficient (Wildman–Crippen LogP) is 4.43. The van der Waals surface area contributed by atoms with Gasteiger partial charge in [0, 0.05) is 5.56 Å². The lowest BCUT2D eigenvalue weighted by Crippen LogP contribution is -2.15. The van der Waals surface area contributed by atoms with E-state index in [0.717, 1.165) is 11.3 Å². The van der Waals surface area contributed by atoms with Gasteiger partial charge in [-0.1, -0.05) is 0 Å². The van der Waals surface area contributed by atoms with Crippen LogP contribution in [0.2, 0.25) is 0 Å². The number of amides is 1. The molecule has 1 heterocycles. The summed E-state index contributed by atoms with van der Waals surface area (Å²) in [6, 6.07) is 4.90. The number of thiophene rings is 1. The number of halogens is 1. The predicted molar refractivity (Wildman–Crippen MR) is 110 cm³/mol. The quantitative estimate of drug-likeness (QED) is 0.602. The van der Waals surface area contributed by atoms with Gasteiger partial charge in [-0.2, -0.15) is 0 Å². The van der Waals surface area contributed by atoms with Crippen molar-refractivity contribution >= 4 is 50.1 Å². The third kappa shape index (κ3) is 4.71. The first-order valence-corrected chi connectivity index (χ1v) is 10.1. The van der Waals surface area contributed by atoms with E-state index in [9.17, 15) is 14.4 Å². The smallest absolute Gasteiger partial charge is 0.348 e. The number of hydrogen-bond donors (Lipinski definition) is 1. The van der Waals surface area contributed by atoms with Crippen molar-refractivity contribution in [1.29, 1.82) is 0 Å². The summed E-state index contributed by atoms with van der Waals surface area (Å²) in [4.78, 5) is 37.3. The van der Waals surface area contributed by atoms with Crippen molar-refractivity contribution in [1.82, 2.24) is 0 Å². The maximum absolute atomic E-state index is 12.7. The van der Waals surface area contributed by atoms with Gasteiger partial charge in [0.15, 0.2) is 0 Å². The van der Waals surface area contributed by atoms with Crippen molar-refractivity contribution in [2.45, 2.75) is 20.8 Å². The van der Waals surface area contributed by atoms with E-state index in [0.29, 0.717) is 28.0 Å². The Balaban J connectivity index is 2.38. The number of methoxy groups -OCH3 is 1. The normalized spacial score (nSPS) is 10.3. The second-order valence-corrected chi connectivity index (χ2v) is 7.38. The highest BCUT2D eigenvalue weighted by Gasteiger charge is 2.27. The van der Waals surface area contributed by atoms with Crippen LogP contribution < -0.4 is 10.1 Å². The molecule has 0 bridgehead atoms. The largest absolute Gasteiger partial charge is 0.493 e. The second kappa shape index (κ2) is 9.70. The molecule has 0 unspecified atom stereocenters. The third-order valence-electron chi connectivity index (χ3n) is 3.72. The molecule has 0 radical (unpaired) electrons. The lowest BCUT2D eigenvalue weighted by molar-refractivity contribution is 0.0527. The molecule has 28 heavy (non-hydrogen) atoms. The molecule has 2 rings (SSSR count). The van der Waals surface area contributed by atoms with Crippen LogP contribution in [0.25, 0.3) is 0 Å². The molecule has 0 fully saturated rings. The molecule has 0 atom stereocenters. The Morgan fingerprint density at radius 3 is 2.43 bits per heavy atom. The molecule has 0 saturated carbocycles. The summed E-state index contributed by atoms with van der Waals surface area (Å²) in [5, 5.41) is 2.92. The van der Waals surface area contributed by atoms with Gasteiger partial charge in [-0.05, 0) is 60.5 Å². The number of nitrogens with one attached hydrogen (secondary N) is 1. The zero-order chi connectivity index (χ0) is 20.8. The zero-order valence-corrected chi connectivity index (χ0v) is 18.3. The summed E-state index contributed by atoms with van der Waals surface area (Å²) in [7, 11) is 1.25. The first kappa shape index (κ1) is 21.9. The molecule has 1 N–H and O–H groups in total. The first-order chi connectivity index (χ1) is 13.3. The third-order valence-corrected chi connectivity index (χ3v) is 5.53. The zero-order valence-electron chi connectivity index (χ0n) is 15.9. The fourth-order valence-corrected chi connectivity index (χ4v) is 4.03. The Labute approximate surface area is 175 Å². The van der Waals surface area contributed by atoms with Crippen LogP contribution in [0, 0.1) is 6.92 Å². The Hall–Kier alpha value is -2.39. The Kier molecular flexibility index (Phi) is 7.59. The minimum atomic E-state index is -0.616. The van der Waals surface area contributed by atoms with Crippen molar-refractivity contribution in [3.63, 3.8) is 0 Å². The van der Waals surface area contributed by atoms with Crippen LogP contribution in [0.1, 0.15) is 49.8 Å². The molecule has 1 aromatic heterocycles. The average molecular weight is 470 g/mol. The van der Waals surface area contributed by atoms with Crippen LogP contribution in [0.15, 0.2) is 22.7 Å². The van der Waals surface area contributed by atoms with Crippen LogP contribution >= 0.6 is 27.3 Å². The van der Waals surface area contributed by atoms with Crippen molar-refractivity contribution in [3.8, 4) is 5.75 Å². The van der Waals surface area contributed by atoms with Gasteiger partial charge < -0.3 is 19.5 Å².